The molecule has 1 aliphatic heterocycles. The Kier molecular flexibility index (Phi) is 9.70. The molecule has 4 rings (SSSR count). The van der Waals surface area contributed by atoms with Crippen LogP contribution in [0, 0.1) is 6.92 Å². The normalized spacial score (nSPS) is 15.0. The van der Waals surface area contributed by atoms with E-state index in [4.69, 9.17) is 4.74 Å². The van der Waals surface area contributed by atoms with Crippen LogP contribution in [-0.4, -0.2) is 59.2 Å². The van der Waals surface area contributed by atoms with Crippen LogP contribution in [0.1, 0.15) is 35.8 Å². The number of aliphatic imine (C=N–C) groups is 1. The zero-order valence-electron chi connectivity index (χ0n) is 20.1. The Balaban J connectivity index is 0.00000324. The quantitative estimate of drug-likeness (QED) is 0.242. The van der Waals surface area contributed by atoms with E-state index in [1.165, 1.54) is 18.4 Å². The minimum atomic E-state index is 0. The van der Waals surface area contributed by atoms with Crippen molar-refractivity contribution in [2.45, 2.75) is 32.4 Å². The number of guanidine groups is 1. The van der Waals surface area contributed by atoms with Gasteiger partial charge in [-0.15, -0.1) is 24.0 Å². The molecule has 1 saturated heterocycles. The van der Waals surface area contributed by atoms with Crippen LogP contribution < -0.4 is 15.4 Å². The Morgan fingerprint density at radius 1 is 1.09 bits per heavy atom. The molecule has 1 aliphatic rings. The van der Waals surface area contributed by atoms with Gasteiger partial charge in [-0.2, -0.15) is 0 Å². The van der Waals surface area contributed by atoms with Gasteiger partial charge in [0.15, 0.2) is 5.96 Å². The van der Waals surface area contributed by atoms with E-state index >= 15 is 0 Å². The fourth-order valence-electron chi connectivity index (χ4n) is 4.22. The standard InChI is InChI=1S/C25H33N7O.HI/c1-19-27-12-15-32(19)24-11-6-20(16-28-24)17-29-25(26-2)30-18-23(31-13-4-5-14-31)21-7-9-22(33-3)10-8-21;/h6-12,15-16,23H,4-5,13-14,17-18H2,1-3H3,(H2,26,29,30);1H. The predicted octanol–water partition coefficient (Wildman–Crippen LogP) is 3.70. The van der Waals surface area contributed by atoms with Gasteiger partial charge in [0, 0.05) is 38.7 Å². The number of nitrogens with one attached hydrogen (secondary N) is 2. The lowest BCUT2D eigenvalue weighted by atomic mass is 10.1. The van der Waals surface area contributed by atoms with Crippen LogP contribution in [0.4, 0.5) is 0 Å². The van der Waals surface area contributed by atoms with Crippen molar-refractivity contribution in [3.05, 3.63) is 71.9 Å². The Morgan fingerprint density at radius 2 is 1.85 bits per heavy atom. The van der Waals surface area contributed by atoms with E-state index in [0.29, 0.717) is 6.54 Å². The predicted molar refractivity (Wildman–Crippen MR) is 146 cm³/mol. The van der Waals surface area contributed by atoms with Crippen LogP contribution >= 0.6 is 24.0 Å². The highest BCUT2D eigenvalue weighted by Crippen LogP contribution is 2.26. The van der Waals surface area contributed by atoms with Crippen LogP contribution in [0.15, 0.2) is 60.0 Å². The van der Waals surface area contributed by atoms with Crippen molar-refractivity contribution in [3.8, 4) is 11.6 Å². The Labute approximate surface area is 218 Å². The van der Waals surface area contributed by atoms with Gasteiger partial charge < -0.3 is 15.4 Å². The average molecular weight is 575 g/mol. The Morgan fingerprint density at radius 3 is 2.44 bits per heavy atom. The van der Waals surface area contributed by atoms with Crippen molar-refractivity contribution in [1.82, 2.24) is 30.1 Å². The van der Waals surface area contributed by atoms with Crippen LogP contribution in [0.2, 0.25) is 0 Å². The van der Waals surface area contributed by atoms with E-state index in [-0.39, 0.29) is 30.0 Å². The molecule has 1 unspecified atom stereocenters. The fourth-order valence-corrected chi connectivity index (χ4v) is 4.22. The van der Waals surface area contributed by atoms with Gasteiger partial charge >= 0.3 is 0 Å². The molecule has 1 fully saturated rings. The molecule has 34 heavy (non-hydrogen) atoms. The second-order valence-corrected chi connectivity index (χ2v) is 8.21. The van der Waals surface area contributed by atoms with Gasteiger partial charge in [0.25, 0.3) is 0 Å². The number of likely N-dealkylation sites (tertiary alicyclic amines) is 1. The molecular formula is C25H34IN7O. The van der Waals surface area contributed by atoms with Crippen LogP contribution in [0.5, 0.6) is 5.75 Å². The van der Waals surface area contributed by atoms with Gasteiger partial charge in [-0.1, -0.05) is 18.2 Å². The zero-order valence-corrected chi connectivity index (χ0v) is 22.4. The summed E-state index contributed by atoms with van der Waals surface area (Å²) in [6.45, 7) is 5.64. The molecule has 0 saturated carbocycles. The van der Waals surface area contributed by atoms with E-state index < -0.39 is 0 Å². The smallest absolute Gasteiger partial charge is 0.191 e. The lowest BCUT2D eigenvalue weighted by Crippen LogP contribution is -2.42. The summed E-state index contributed by atoms with van der Waals surface area (Å²) in [6.07, 6.45) is 8.09. The first-order chi connectivity index (χ1) is 16.2. The SMILES string of the molecule is CN=C(NCc1ccc(-n2ccnc2C)nc1)NCC(c1ccc(OC)cc1)N1CCCC1.I. The van der Waals surface area contributed by atoms with Gasteiger partial charge in [0.2, 0.25) is 0 Å². The van der Waals surface area contributed by atoms with Crippen molar-refractivity contribution >= 4 is 29.9 Å². The highest BCUT2D eigenvalue weighted by Gasteiger charge is 2.23. The number of hydrogen-bond acceptors (Lipinski definition) is 5. The summed E-state index contributed by atoms with van der Waals surface area (Å²) in [5.74, 6) is 3.45. The topological polar surface area (TPSA) is 79.6 Å². The molecule has 0 radical (unpaired) electrons. The first-order valence-corrected chi connectivity index (χ1v) is 11.5. The van der Waals surface area contributed by atoms with Crippen LogP contribution in [0.25, 0.3) is 5.82 Å². The summed E-state index contributed by atoms with van der Waals surface area (Å²) < 4.78 is 7.30. The molecule has 2 N–H and O–H groups in total. The number of halogens is 1. The average Bonchev–Trinajstić information content (AvgIpc) is 3.54. The number of imidazole rings is 1. The number of nitrogens with zero attached hydrogens (tertiary/aromatic N) is 5. The van der Waals surface area contributed by atoms with Crippen molar-refractivity contribution in [1.29, 1.82) is 0 Å². The Bertz CT molecular complexity index is 1040. The second-order valence-electron chi connectivity index (χ2n) is 8.21. The number of benzene rings is 1. The summed E-state index contributed by atoms with van der Waals surface area (Å²) in [5, 5.41) is 6.93. The molecule has 3 aromatic rings. The molecule has 0 aliphatic carbocycles. The molecule has 8 nitrogen and oxygen atoms in total. The summed E-state index contributed by atoms with van der Waals surface area (Å²) >= 11 is 0. The molecule has 9 heteroatoms. The summed E-state index contributed by atoms with van der Waals surface area (Å²) in [6, 6.07) is 12.8. The zero-order chi connectivity index (χ0) is 23.0. The number of hydrogen-bond donors (Lipinski definition) is 2. The van der Waals surface area contributed by atoms with Gasteiger partial charge in [-0.25, -0.2) is 9.97 Å². The van der Waals surface area contributed by atoms with Gasteiger partial charge in [-0.3, -0.25) is 14.5 Å². The molecule has 0 bridgehead atoms. The van der Waals surface area contributed by atoms with E-state index in [2.05, 4.69) is 48.7 Å². The minimum Gasteiger partial charge on any atom is -0.497 e. The largest absolute Gasteiger partial charge is 0.497 e. The maximum atomic E-state index is 5.33. The second kappa shape index (κ2) is 12.7. The van der Waals surface area contributed by atoms with Crippen molar-refractivity contribution < 1.29 is 4.74 Å². The highest BCUT2D eigenvalue weighted by molar-refractivity contribution is 14.0. The third-order valence-electron chi connectivity index (χ3n) is 6.11. The number of aryl methyl sites for hydroxylation is 1. The first kappa shape index (κ1) is 26.0. The molecule has 3 heterocycles. The first-order valence-electron chi connectivity index (χ1n) is 11.5. The Hall–Kier alpha value is -2.66. The molecule has 1 aromatic carbocycles. The summed E-state index contributed by atoms with van der Waals surface area (Å²) in [4.78, 5) is 15.8. The number of methoxy groups -OCH3 is 1. The van der Waals surface area contributed by atoms with Crippen LogP contribution in [-0.2, 0) is 6.54 Å². The maximum absolute atomic E-state index is 5.33. The van der Waals surface area contributed by atoms with Crippen LogP contribution in [0.3, 0.4) is 0 Å². The van der Waals surface area contributed by atoms with Gasteiger partial charge in [-0.05, 0) is 62.2 Å². The molecule has 182 valence electrons. The number of ether oxygens (including phenoxy) is 1. The van der Waals surface area contributed by atoms with Gasteiger partial charge in [0.05, 0.1) is 13.2 Å². The number of aromatic nitrogens is 3. The summed E-state index contributed by atoms with van der Waals surface area (Å²) in [7, 11) is 3.50. The molecule has 2 aromatic heterocycles. The van der Waals surface area contributed by atoms with E-state index in [1.807, 2.05) is 42.1 Å². The molecule has 0 spiro atoms. The van der Waals surface area contributed by atoms with Crippen molar-refractivity contribution in [3.63, 3.8) is 0 Å². The summed E-state index contributed by atoms with van der Waals surface area (Å²) in [5.41, 5.74) is 2.38. The monoisotopic (exact) mass is 575 g/mol. The van der Waals surface area contributed by atoms with E-state index in [9.17, 15) is 0 Å². The van der Waals surface area contributed by atoms with E-state index in [1.54, 1.807) is 20.4 Å². The molecule has 1 atom stereocenters. The van der Waals surface area contributed by atoms with Crippen molar-refractivity contribution in [2.24, 2.45) is 4.99 Å². The third-order valence-corrected chi connectivity index (χ3v) is 6.11. The number of pyridine rings is 1. The fraction of sp³-hybridized carbons (Fsp3) is 0.400. The van der Waals surface area contributed by atoms with Crippen molar-refractivity contribution in [2.75, 3.05) is 33.8 Å². The van der Waals surface area contributed by atoms with E-state index in [0.717, 1.165) is 48.5 Å². The number of rotatable bonds is 8. The molecule has 0 amide bonds. The highest BCUT2D eigenvalue weighted by atomic mass is 127. The molecular weight excluding hydrogens is 541 g/mol. The lowest BCUT2D eigenvalue weighted by Gasteiger charge is -2.29. The van der Waals surface area contributed by atoms with Gasteiger partial charge in [0.1, 0.15) is 17.4 Å². The lowest BCUT2D eigenvalue weighted by molar-refractivity contribution is 0.245. The maximum Gasteiger partial charge on any atom is 0.191 e. The minimum absolute atomic E-state index is 0. The third kappa shape index (κ3) is 6.47.